The molecule has 0 atom stereocenters. The van der Waals surface area contributed by atoms with Crippen molar-refractivity contribution in [2.75, 3.05) is 5.32 Å². The largest absolute Gasteiger partial charge is 0.486 e. The first-order chi connectivity index (χ1) is 13.6. The number of hydrogen-bond acceptors (Lipinski definition) is 4. The minimum atomic E-state index is -0.358. The quantitative estimate of drug-likeness (QED) is 0.395. The Morgan fingerprint density at radius 3 is 2.89 bits per heavy atom. The highest BCUT2D eigenvalue weighted by atomic mass is 79.9. The fourth-order valence-corrected chi connectivity index (χ4v) is 3.34. The van der Waals surface area contributed by atoms with Crippen LogP contribution in [0.4, 0.5) is 5.69 Å². The first-order valence-corrected chi connectivity index (χ1v) is 9.59. The number of pyridine rings is 1. The van der Waals surface area contributed by atoms with Crippen molar-refractivity contribution >= 4 is 50.0 Å². The fraction of sp³-hybridized carbons (Fsp3) is 0.0476. The van der Waals surface area contributed by atoms with E-state index in [1.54, 1.807) is 48.7 Å². The molecular formula is C21H14BrClN2O3. The highest BCUT2D eigenvalue weighted by Crippen LogP contribution is 2.28. The van der Waals surface area contributed by atoms with Gasteiger partial charge in [-0.05, 0) is 48.5 Å². The van der Waals surface area contributed by atoms with Gasteiger partial charge < -0.3 is 14.5 Å². The van der Waals surface area contributed by atoms with Crippen LogP contribution in [-0.2, 0) is 6.61 Å². The lowest BCUT2D eigenvalue weighted by Gasteiger charge is -2.08. The Bertz CT molecular complexity index is 1160. The molecule has 0 spiro atoms. The molecule has 0 saturated carbocycles. The molecule has 140 valence electrons. The van der Waals surface area contributed by atoms with E-state index >= 15 is 0 Å². The van der Waals surface area contributed by atoms with Gasteiger partial charge >= 0.3 is 0 Å². The highest BCUT2D eigenvalue weighted by Gasteiger charge is 2.14. The average Bonchev–Trinajstić information content (AvgIpc) is 3.18. The molecule has 0 fully saturated rings. The van der Waals surface area contributed by atoms with Crippen LogP contribution in [-0.4, -0.2) is 10.9 Å². The molecule has 0 aliphatic rings. The lowest BCUT2D eigenvalue weighted by molar-refractivity contribution is 0.0992. The maximum atomic E-state index is 12.6. The van der Waals surface area contributed by atoms with E-state index in [0.29, 0.717) is 27.7 Å². The van der Waals surface area contributed by atoms with Crippen molar-refractivity contribution < 1.29 is 13.9 Å². The van der Waals surface area contributed by atoms with Gasteiger partial charge in [-0.15, -0.1) is 0 Å². The number of rotatable bonds is 5. The third-order valence-corrected chi connectivity index (χ3v) is 4.95. The number of amides is 1. The van der Waals surface area contributed by atoms with E-state index in [1.807, 2.05) is 18.2 Å². The van der Waals surface area contributed by atoms with Gasteiger partial charge in [0.1, 0.15) is 18.1 Å². The Morgan fingerprint density at radius 1 is 1.14 bits per heavy atom. The molecule has 1 amide bonds. The number of hydrogen-bond donors (Lipinski definition) is 1. The van der Waals surface area contributed by atoms with Gasteiger partial charge in [-0.25, -0.2) is 0 Å². The standard InChI is InChI=1S/C21H14BrClN2O3/c22-17-7-8-18(20-16(17)5-2-10-24-20)25-21(26)19-9-6-15(28-19)12-27-14-4-1-3-13(23)11-14/h1-11H,12H2,(H,25,26). The highest BCUT2D eigenvalue weighted by molar-refractivity contribution is 9.10. The number of benzene rings is 2. The van der Waals surface area contributed by atoms with E-state index in [2.05, 4.69) is 26.2 Å². The van der Waals surface area contributed by atoms with Gasteiger partial charge in [0.2, 0.25) is 0 Å². The molecule has 0 saturated heterocycles. The van der Waals surface area contributed by atoms with E-state index in [1.165, 1.54) is 0 Å². The summed E-state index contributed by atoms with van der Waals surface area (Å²) in [5, 5.41) is 4.35. The zero-order chi connectivity index (χ0) is 19.5. The smallest absolute Gasteiger partial charge is 0.291 e. The number of furan rings is 1. The van der Waals surface area contributed by atoms with E-state index in [0.717, 1.165) is 9.86 Å². The first-order valence-electron chi connectivity index (χ1n) is 8.42. The summed E-state index contributed by atoms with van der Waals surface area (Å²) in [7, 11) is 0. The number of carbonyl (C=O) groups is 1. The zero-order valence-corrected chi connectivity index (χ0v) is 16.8. The van der Waals surface area contributed by atoms with Crippen molar-refractivity contribution in [3.8, 4) is 5.75 Å². The van der Waals surface area contributed by atoms with Crippen molar-refractivity contribution in [1.82, 2.24) is 4.98 Å². The normalized spacial score (nSPS) is 10.8. The number of anilines is 1. The lowest BCUT2D eigenvalue weighted by atomic mass is 10.2. The maximum absolute atomic E-state index is 12.6. The number of fused-ring (bicyclic) bond motifs is 1. The van der Waals surface area contributed by atoms with Gasteiger partial charge in [-0.3, -0.25) is 9.78 Å². The van der Waals surface area contributed by atoms with Crippen LogP contribution in [0.2, 0.25) is 5.02 Å². The number of nitrogens with one attached hydrogen (secondary N) is 1. The molecule has 28 heavy (non-hydrogen) atoms. The van der Waals surface area contributed by atoms with E-state index in [4.69, 9.17) is 20.8 Å². The monoisotopic (exact) mass is 456 g/mol. The molecule has 1 N–H and O–H groups in total. The van der Waals surface area contributed by atoms with Gasteiger partial charge in [-0.1, -0.05) is 39.7 Å². The van der Waals surface area contributed by atoms with Crippen molar-refractivity contribution in [2.24, 2.45) is 0 Å². The third-order valence-electron chi connectivity index (χ3n) is 4.03. The van der Waals surface area contributed by atoms with Crippen LogP contribution in [0.3, 0.4) is 0 Å². The van der Waals surface area contributed by atoms with Crippen molar-refractivity contribution in [1.29, 1.82) is 0 Å². The predicted octanol–water partition coefficient (Wildman–Crippen LogP) is 6.08. The molecular weight excluding hydrogens is 444 g/mol. The third kappa shape index (κ3) is 4.03. The molecule has 5 nitrogen and oxygen atoms in total. The van der Waals surface area contributed by atoms with Gasteiger partial charge in [-0.2, -0.15) is 0 Å². The van der Waals surface area contributed by atoms with Crippen molar-refractivity contribution in [2.45, 2.75) is 6.61 Å². The van der Waals surface area contributed by atoms with E-state index in [9.17, 15) is 4.79 Å². The van der Waals surface area contributed by atoms with Gasteiger partial charge in [0.25, 0.3) is 5.91 Å². The minimum Gasteiger partial charge on any atom is -0.486 e. The molecule has 2 aromatic carbocycles. The Morgan fingerprint density at radius 2 is 2.04 bits per heavy atom. The van der Waals surface area contributed by atoms with Gasteiger partial charge in [0, 0.05) is 21.1 Å². The summed E-state index contributed by atoms with van der Waals surface area (Å²) in [5.41, 5.74) is 1.30. The van der Waals surface area contributed by atoms with Crippen molar-refractivity contribution in [3.63, 3.8) is 0 Å². The Hall–Kier alpha value is -2.83. The first kappa shape index (κ1) is 18.5. The summed E-state index contributed by atoms with van der Waals surface area (Å²) in [6, 6.07) is 17.8. The number of aromatic nitrogens is 1. The van der Waals surface area contributed by atoms with Crippen LogP contribution in [0, 0.1) is 0 Å². The van der Waals surface area contributed by atoms with Crippen LogP contribution < -0.4 is 10.1 Å². The van der Waals surface area contributed by atoms with Gasteiger partial charge in [0.05, 0.1) is 11.2 Å². The Labute approximate surface area is 174 Å². The molecule has 0 aliphatic carbocycles. The molecule has 7 heteroatoms. The summed E-state index contributed by atoms with van der Waals surface area (Å²) >= 11 is 9.43. The van der Waals surface area contributed by atoms with Crippen LogP contribution >= 0.6 is 27.5 Å². The van der Waals surface area contributed by atoms with Crippen LogP contribution in [0.25, 0.3) is 10.9 Å². The Balaban J connectivity index is 1.47. The number of nitrogens with zero attached hydrogens (tertiary/aromatic N) is 1. The molecule has 0 unspecified atom stereocenters. The maximum Gasteiger partial charge on any atom is 0.291 e. The van der Waals surface area contributed by atoms with Crippen molar-refractivity contribution in [3.05, 3.63) is 87.9 Å². The molecule has 4 aromatic rings. The molecule has 0 radical (unpaired) electrons. The molecule has 0 aliphatic heterocycles. The SMILES string of the molecule is O=C(Nc1ccc(Br)c2cccnc12)c1ccc(COc2cccc(Cl)c2)o1. The van der Waals surface area contributed by atoms with Crippen LogP contribution in [0.15, 0.2) is 75.8 Å². The molecule has 2 heterocycles. The number of carbonyl (C=O) groups excluding carboxylic acids is 1. The van der Waals surface area contributed by atoms with Gasteiger partial charge in [0.15, 0.2) is 5.76 Å². The van der Waals surface area contributed by atoms with E-state index < -0.39 is 0 Å². The summed E-state index contributed by atoms with van der Waals surface area (Å²) in [6.45, 7) is 0.191. The topological polar surface area (TPSA) is 64.4 Å². The minimum absolute atomic E-state index is 0.191. The number of ether oxygens (including phenoxy) is 1. The molecule has 2 aromatic heterocycles. The summed E-state index contributed by atoms with van der Waals surface area (Å²) in [4.78, 5) is 16.9. The fourth-order valence-electron chi connectivity index (χ4n) is 2.71. The second-order valence-corrected chi connectivity index (χ2v) is 7.25. The lowest BCUT2D eigenvalue weighted by Crippen LogP contribution is -2.11. The Kier molecular flexibility index (Phi) is 5.32. The van der Waals surface area contributed by atoms with Crippen LogP contribution in [0.5, 0.6) is 5.75 Å². The second kappa shape index (κ2) is 8.04. The second-order valence-electron chi connectivity index (χ2n) is 5.96. The zero-order valence-electron chi connectivity index (χ0n) is 14.5. The average molecular weight is 458 g/mol. The molecule has 0 bridgehead atoms. The summed E-state index contributed by atoms with van der Waals surface area (Å²) < 4.78 is 12.1. The summed E-state index contributed by atoms with van der Waals surface area (Å²) in [6.07, 6.45) is 1.68. The predicted molar refractivity (Wildman–Crippen MR) is 112 cm³/mol. The summed E-state index contributed by atoms with van der Waals surface area (Å²) in [5.74, 6) is 0.992. The molecule has 4 rings (SSSR count). The van der Waals surface area contributed by atoms with Crippen LogP contribution in [0.1, 0.15) is 16.3 Å². The number of halogens is 2. The van der Waals surface area contributed by atoms with E-state index in [-0.39, 0.29) is 18.3 Å².